The van der Waals surface area contributed by atoms with Crippen LogP contribution in [-0.4, -0.2) is 18.4 Å². The number of carbonyl (C=O) groups is 2. The monoisotopic (exact) mass is 194 g/mol. The maximum Gasteiger partial charge on any atom is 0.302 e. The molecule has 0 aliphatic heterocycles. The first-order chi connectivity index (χ1) is 6.66. The molecule has 0 saturated heterocycles. The van der Waals surface area contributed by atoms with Crippen molar-refractivity contribution >= 4 is 11.8 Å². The number of ketones is 1. The van der Waals surface area contributed by atoms with E-state index >= 15 is 0 Å². The second-order valence-corrected chi connectivity index (χ2v) is 4.13. The van der Waals surface area contributed by atoms with Gasteiger partial charge in [0, 0.05) is 25.7 Å². The van der Waals surface area contributed by atoms with E-state index in [9.17, 15) is 9.59 Å². The Morgan fingerprint density at radius 1 is 1.50 bits per heavy atom. The van der Waals surface area contributed by atoms with Gasteiger partial charge < -0.3 is 4.74 Å². The van der Waals surface area contributed by atoms with Crippen LogP contribution in [-0.2, 0) is 14.3 Å². The van der Waals surface area contributed by atoms with Gasteiger partial charge in [-0.1, -0.05) is 12.2 Å². The molecule has 14 heavy (non-hydrogen) atoms. The van der Waals surface area contributed by atoms with Crippen molar-refractivity contribution in [3.8, 4) is 0 Å². The fourth-order valence-electron chi connectivity index (χ4n) is 2.41. The normalized spacial score (nSPS) is 34.6. The molecule has 2 rings (SSSR count). The lowest BCUT2D eigenvalue weighted by Crippen LogP contribution is -2.17. The summed E-state index contributed by atoms with van der Waals surface area (Å²) in [5, 5.41) is 0. The summed E-state index contributed by atoms with van der Waals surface area (Å²) in [6.07, 6.45) is 5.52. The Kier molecular flexibility index (Phi) is 2.40. The third-order valence-electron chi connectivity index (χ3n) is 3.11. The van der Waals surface area contributed by atoms with Gasteiger partial charge in [0.1, 0.15) is 5.78 Å². The highest BCUT2D eigenvalue weighted by Crippen LogP contribution is 2.41. The van der Waals surface area contributed by atoms with Crippen molar-refractivity contribution < 1.29 is 14.3 Å². The molecular weight excluding hydrogens is 180 g/mol. The lowest BCUT2D eigenvalue weighted by molar-refractivity contribution is -0.142. The highest BCUT2D eigenvalue weighted by Gasteiger charge is 2.39. The fourth-order valence-corrected chi connectivity index (χ4v) is 2.41. The predicted octanol–water partition coefficient (Wildman–Crippen LogP) is 1.33. The molecule has 0 N–H and O–H groups in total. The van der Waals surface area contributed by atoms with E-state index in [0.717, 1.165) is 0 Å². The first-order valence-corrected chi connectivity index (χ1v) is 5.00. The van der Waals surface area contributed by atoms with Gasteiger partial charge in [0.15, 0.2) is 0 Å². The zero-order chi connectivity index (χ0) is 10.1. The van der Waals surface area contributed by atoms with Crippen molar-refractivity contribution in [2.75, 3.05) is 6.61 Å². The first-order valence-electron chi connectivity index (χ1n) is 5.00. The highest BCUT2D eigenvalue weighted by molar-refractivity contribution is 5.82. The number of hydrogen-bond donors (Lipinski definition) is 0. The SMILES string of the molecule is CC(=O)OC[C@H]1C=C[C@@H]2CC(=O)C[C@H]12. The maximum atomic E-state index is 11.2. The maximum absolute atomic E-state index is 11.2. The van der Waals surface area contributed by atoms with Crippen LogP contribution in [0, 0.1) is 17.8 Å². The molecule has 0 unspecified atom stereocenters. The van der Waals surface area contributed by atoms with E-state index in [1.165, 1.54) is 6.92 Å². The number of ether oxygens (including phenoxy) is 1. The van der Waals surface area contributed by atoms with Crippen LogP contribution in [0.3, 0.4) is 0 Å². The third kappa shape index (κ3) is 1.72. The van der Waals surface area contributed by atoms with Gasteiger partial charge in [0.05, 0.1) is 6.61 Å². The lowest BCUT2D eigenvalue weighted by Gasteiger charge is -2.16. The van der Waals surface area contributed by atoms with Crippen molar-refractivity contribution in [2.45, 2.75) is 19.8 Å². The molecule has 3 nitrogen and oxygen atoms in total. The number of rotatable bonds is 2. The summed E-state index contributed by atoms with van der Waals surface area (Å²) in [6, 6.07) is 0. The zero-order valence-corrected chi connectivity index (χ0v) is 8.23. The third-order valence-corrected chi connectivity index (χ3v) is 3.11. The number of allylic oxidation sites excluding steroid dienone is 1. The highest BCUT2D eigenvalue weighted by atomic mass is 16.5. The summed E-state index contributed by atoms with van der Waals surface area (Å²) in [5.41, 5.74) is 0. The number of fused-ring (bicyclic) bond motifs is 1. The topological polar surface area (TPSA) is 43.4 Å². The van der Waals surface area contributed by atoms with Crippen molar-refractivity contribution in [2.24, 2.45) is 17.8 Å². The molecule has 2 aliphatic rings. The average Bonchev–Trinajstić information content (AvgIpc) is 2.60. The summed E-state index contributed by atoms with van der Waals surface area (Å²) in [4.78, 5) is 21.8. The molecule has 0 amide bonds. The van der Waals surface area contributed by atoms with Gasteiger partial charge in [-0.15, -0.1) is 0 Å². The van der Waals surface area contributed by atoms with Crippen molar-refractivity contribution in [3.63, 3.8) is 0 Å². The molecule has 0 aromatic carbocycles. The molecule has 1 saturated carbocycles. The Labute approximate surface area is 83.1 Å². The largest absolute Gasteiger partial charge is 0.465 e. The minimum absolute atomic E-state index is 0.244. The van der Waals surface area contributed by atoms with Gasteiger partial charge in [-0.3, -0.25) is 9.59 Å². The number of hydrogen-bond acceptors (Lipinski definition) is 3. The van der Waals surface area contributed by atoms with Crippen LogP contribution in [0.2, 0.25) is 0 Å². The average molecular weight is 194 g/mol. The summed E-state index contributed by atoms with van der Waals surface area (Å²) in [6.45, 7) is 1.84. The summed E-state index contributed by atoms with van der Waals surface area (Å²) in [5.74, 6) is 1.16. The quantitative estimate of drug-likeness (QED) is 0.492. The number of esters is 1. The second kappa shape index (κ2) is 3.56. The molecule has 0 radical (unpaired) electrons. The summed E-state index contributed by atoms with van der Waals surface area (Å²) >= 11 is 0. The van der Waals surface area contributed by atoms with Crippen LogP contribution in [0.15, 0.2) is 12.2 Å². The molecule has 2 aliphatic carbocycles. The van der Waals surface area contributed by atoms with E-state index in [1.54, 1.807) is 0 Å². The van der Waals surface area contributed by atoms with E-state index < -0.39 is 0 Å². The number of carbonyl (C=O) groups excluding carboxylic acids is 2. The van der Waals surface area contributed by atoms with Crippen LogP contribution in [0.1, 0.15) is 19.8 Å². The minimum atomic E-state index is -0.244. The zero-order valence-electron chi connectivity index (χ0n) is 8.23. The Balaban J connectivity index is 1.92. The van der Waals surface area contributed by atoms with Crippen LogP contribution in [0.5, 0.6) is 0 Å². The molecule has 0 spiro atoms. The summed E-state index contributed by atoms with van der Waals surface area (Å²) < 4.78 is 4.97. The molecule has 76 valence electrons. The van der Waals surface area contributed by atoms with Gasteiger partial charge in [-0.2, -0.15) is 0 Å². The van der Waals surface area contributed by atoms with Crippen molar-refractivity contribution in [1.82, 2.24) is 0 Å². The Morgan fingerprint density at radius 2 is 2.29 bits per heavy atom. The van der Waals surface area contributed by atoms with Crippen molar-refractivity contribution in [3.05, 3.63) is 12.2 Å². The minimum Gasteiger partial charge on any atom is -0.465 e. The van der Waals surface area contributed by atoms with E-state index in [-0.39, 0.29) is 11.9 Å². The van der Waals surface area contributed by atoms with E-state index in [0.29, 0.717) is 37.1 Å². The summed E-state index contributed by atoms with van der Waals surface area (Å²) in [7, 11) is 0. The van der Waals surface area contributed by atoms with E-state index in [1.807, 2.05) is 0 Å². The first kappa shape index (κ1) is 9.44. The smallest absolute Gasteiger partial charge is 0.302 e. The van der Waals surface area contributed by atoms with Gasteiger partial charge in [-0.05, 0) is 11.8 Å². The molecule has 0 aromatic rings. The van der Waals surface area contributed by atoms with E-state index in [4.69, 9.17) is 4.74 Å². The molecule has 1 fully saturated rings. The Hall–Kier alpha value is -1.12. The molecule has 0 aromatic heterocycles. The van der Waals surface area contributed by atoms with Gasteiger partial charge in [-0.25, -0.2) is 0 Å². The molecule has 3 atom stereocenters. The van der Waals surface area contributed by atoms with Crippen molar-refractivity contribution in [1.29, 1.82) is 0 Å². The van der Waals surface area contributed by atoms with Gasteiger partial charge >= 0.3 is 5.97 Å². The van der Waals surface area contributed by atoms with Gasteiger partial charge in [0.2, 0.25) is 0 Å². The lowest BCUT2D eigenvalue weighted by atomic mass is 9.91. The molecule has 0 bridgehead atoms. The Morgan fingerprint density at radius 3 is 3.00 bits per heavy atom. The second-order valence-electron chi connectivity index (χ2n) is 4.13. The van der Waals surface area contributed by atoms with Crippen LogP contribution < -0.4 is 0 Å². The van der Waals surface area contributed by atoms with Crippen LogP contribution >= 0.6 is 0 Å². The fraction of sp³-hybridized carbons (Fsp3) is 0.636. The van der Waals surface area contributed by atoms with Gasteiger partial charge in [0.25, 0.3) is 0 Å². The standard InChI is InChI=1S/C11H14O3/c1-7(12)14-6-9-3-2-8-4-10(13)5-11(8)9/h2-3,8-9,11H,4-6H2,1H3/t8-,9-,11+/m1/s1. The van der Waals surface area contributed by atoms with E-state index in [2.05, 4.69) is 12.2 Å². The Bertz CT molecular complexity index is 293. The molecular formula is C11H14O3. The van der Waals surface area contributed by atoms with Crippen LogP contribution in [0.4, 0.5) is 0 Å². The number of Topliss-reactive ketones (excluding diaryl/α,β-unsaturated/α-hetero) is 1. The molecule has 3 heteroatoms. The predicted molar refractivity (Wildman–Crippen MR) is 50.5 cm³/mol. The molecule has 0 heterocycles. The van der Waals surface area contributed by atoms with Crippen LogP contribution in [0.25, 0.3) is 0 Å².